The summed E-state index contributed by atoms with van der Waals surface area (Å²) in [6.07, 6.45) is 0. The molecule has 262 valence electrons. The number of fused-ring (bicyclic) bond motifs is 6. The predicted molar refractivity (Wildman–Crippen MR) is 231 cm³/mol. The van der Waals surface area contributed by atoms with Crippen LogP contribution < -0.4 is 0 Å². The zero-order valence-electron chi connectivity index (χ0n) is 30.3. The average Bonchev–Trinajstić information content (AvgIpc) is 3.82. The Morgan fingerprint density at radius 3 is 1.41 bits per heavy atom. The van der Waals surface area contributed by atoms with E-state index in [4.69, 9.17) is 14.4 Å². The molecule has 11 aromatic rings. The molecule has 11 rings (SSSR count). The molecule has 0 fully saturated rings. The van der Waals surface area contributed by atoms with E-state index in [9.17, 15) is 0 Å². The summed E-state index contributed by atoms with van der Waals surface area (Å²) >= 11 is 0. The van der Waals surface area contributed by atoms with E-state index in [1.54, 1.807) is 0 Å². The van der Waals surface area contributed by atoms with Gasteiger partial charge >= 0.3 is 0 Å². The quantitative estimate of drug-likeness (QED) is 0.172. The Kier molecular flexibility index (Phi) is 7.46. The number of aromatic nitrogens is 3. The molecule has 56 heavy (non-hydrogen) atoms. The molecule has 4 nitrogen and oxygen atoms in total. The van der Waals surface area contributed by atoms with Gasteiger partial charge in [-0.15, -0.1) is 0 Å². The molecule has 0 atom stereocenters. The molecule has 0 aliphatic rings. The van der Waals surface area contributed by atoms with Crippen molar-refractivity contribution in [3.8, 4) is 61.8 Å². The lowest BCUT2D eigenvalue weighted by atomic mass is 9.99. The van der Waals surface area contributed by atoms with Crippen LogP contribution in [0.3, 0.4) is 0 Å². The van der Waals surface area contributed by atoms with Gasteiger partial charge in [0.1, 0.15) is 11.2 Å². The summed E-state index contributed by atoms with van der Waals surface area (Å²) in [7, 11) is 0. The van der Waals surface area contributed by atoms with Crippen LogP contribution in [0.1, 0.15) is 0 Å². The molecule has 3 aromatic heterocycles. The molecular weight excluding hydrogens is 683 g/mol. The highest BCUT2D eigenvalue weighted by atomic mass is 16.3. The highest BCUT2D eigenvalue weighted by molar-refractivity contribution is 6.09. The molecule has 0 aliphatic heterocycles. The highest BCUT2D eigenvalue weighted by Gasteiger charge is 2.14. The fraction of sp³-hybridized carbons (Fsp3) is 0. The van der Waals surface area contributed by atoms with Gasteiger partial charge in [0.2, 0.25) is 0 Å². The third kappa shape index (κ3) is 5.47. The average molecular weight is 716 g/mol. The van der Waals surface area contributed by atoms with Gasteiger partial charge in [-0.3, -0.25) is 0 Å². The molecule has 0 spiro atoms. The van der Waals surface area contributed by atoms with E-state index < -0.39 is 0 Å². The summed E-state index contributed by atoms with van der Waals surface area (Å²) in [5.74, 6) is 0.698. The summed E-state index contributed by atoms with van der Waals surface area (Å²) in [4.78, 5) is 10.2. The number of hydrogen-bond acceptors (Lipinski definition) is 3. The molecule has 3 heterocycles. The van der Waals surface area contributed by atoms with Crippen molar-refractivity contribution in [3.63, 3.8) is 0 Å². The van der Waals surface area contributed by atoms with Crippen LogP contribution in [0.5, 0.6) is 0 Å². The summed E-state index contributed by atoms with van der Waals surface area (Å²) in [6.45, 7) is 0. The third-order valence-corrected chi connectivity index (χ3v) is 10.9. The van der Waals surface area contributed by atoms with Gasteiger partial charge in [0.15, 0.2) is 5.82 Å². The van der Waals surface area contributed by atoms with Gasteiger partial charge in [-0.1, -0.05) is 152 Å². The van der Waals surface area contributed by atoms with Crippen LogP contribution in [0.4, 0.5) is 0 Å². The van der Waals surface area contributed by atoms with Crippen molar-refractivity contribution in [3.05, 3.63) is 200 Å². The molecule has 0 aliphatic carbocycles. The van der Waals surface area contributed by atoms with E-state index in [2.05, 4.69) is 174 Å². The fourth-order valence-corrected chi connectivity index (χ4v) is 8.04. The standard InChI is InChI=1S/C52H33N3O/c1-2-10-39(11-3-1)52-53-46(33-47(54-52)38-24-20-36(21-25-38)40-28-31-51-45(32-40)44-14-6-9-17-50(44)56-51)37-22-18-34(19-23-37)35-26-29-41(30-27-35)55-48-15-7-4-12-42(48)43-13-5-8-16-49(43)55/h1-33H. The Balaban J connectivity index is 0.917. The van der Waals surface area contributed by atoms with E-state index in [0.717, 1.165) is 78.0 Å². The maximum absolute atomic E-state index is 6.07. The molecule has 0 N–H and O–H groups in total. The van der Waals surface area contributed by atoms with Crippen molar-refractivity contribution in [2.75, 3.05) is 0 Å². The lowest BCUT2D eigenvalue weighted by molar-refractivity contribution is 0.669. The van der Waals surface area contributed by atoms with Crippen LogP contribution in [-0.2, 0) is 0 Å². The van der Waals surface area contributed by atoms with E-state index in [1.807, 2.05) is 30.3 Å². The lowest BCUT2D eigenvalue weighted by Crippen LogP contribution is -1.96. The first-order chi connectivity index (χ1) is 27.7. The van der Waals surface area contributed by atoms with Crippen molar-refractivity contribution in [2.45, 2.75) is 0 Å². The first-order valence-corrected chi connectivity index (χ1v) is 18.9. The van der Waals surface area contributed by atoms with E-state index in [0.29, 0.717) is 5.82 Å². The van der Waals surface area contributed by atoms with Crippen LogP contribution >= 0.6 is 0 Å². The molecular formula is C52H33N3O. The fourth-order valence-electron chi connectivity index (χ4n) is 8.04. The van der Waals surface area contributed by atoms with Gasteiger partial charge in [-0.2, -0.15) is 0 Å². The number of hydrogen-bond donors (Lipinski definition) is 0. The number of rotatable bonds is 6. The van der Waals surface area contributed by atoms with Gasteiger partial charge in [0.05, 0.1) is 22.4 Å². The van der Waals surface area contributed by atoms with E-state index >= 15 is 0 Å². The third-order valence-electron chi connectivity index (χ3n) is 10.9. The first-order valence-electron chi connectivity index (χ1n) is 18.9. The second-order valence-corrected chi connectivity index (χ2v) is 14.2. The van der Waals surface area contributed by atoms with Gasteiger partial charge in [0, 0.05) is 43.9 Å². The number of para-hydroxylation sites is 3. The van der Waals surface area contributed by atoms with Crippen LogP contribution in [0.15, 0.2) is 205 Å². The van der Waals surface area contributed by atoms with Crippen LogP contribution in [0.25, 0.3) is 106 Å². The Hall–Kier alpha value is -7.56. The Morgan fingerprint density at radius 1 is 0.321 bits per heavy atom. The first kappa shape index (κ1) is 31.9. The Bertz CT molecular complexity index is 3160. The van der Waals surface area contributed by atoms with E-state index in [1.165, 1.54) is 21.8 Å². The summed E-state index contributed by atoms with van der Waals surface area (Å²) in [6, 6.07) is 70.3. The monoisotopic (exact) mass is 715 g/mol. The maximum Gasteiger partial charge on any atom is 0.160 e. The number of nitrogens with zero attached hydrogens (tertiary/aromatic N) is 3. The molecule has 0 saturated carbocycles. The predicted octanol–water partition coefficient (Wildman–Crippen LogP) is 13.8. The molecule has 0 saturated heterocycles. The van der Waals surface area contributed by atoms with Crippen molar-refractivity contribution in [2.24, 2.45) is 0 Å². The number of benzene rings is 8. The lowest BCUT2D eigenvalue weighted by Gasteiger charge is -2.11. The minimum absolute atomic E-state index is 0.698. The molecule has 4 heteroatoms. The molecule has 0 amide bonds. The van der Waals surface area contributed by atoms with Gasteiger partial charge in [0.25, 0.3) is 0 Å². The minimum atomic E-state index is 0.698. The zero-order chi connectivity index (χ0) is 37.0. The smallest absolute Gasteiger partial charge is 0.160 e. The van der Waals surface area contributed by atoms with Gasteiger partial charge in [-0.05, 0) is 70.8 Å². The SMILES string of the molecule is c1ccc(-c2nc(-c3ccc(-c4ccc(-n5c6ccccc6c6ccccc65)cc4)cc3)cc(-c3ccc(-c4ccc5oc6ccccc6c5c4)cc3)n2)cc1. The normalized spacial score (nSPS) is 11.6. The maximum atomic E-state index is 6.07. The Morgan fingerprint density at radius 2 is 0.786 bits per heavy atom. The topological polar surface area (TPSA) is 43.9 Å². The summed E-state index contributed by atoms with van der Waals surface area (Å²) < 4.78 is 8.42. The van der Waals surface area contributed by atoms with Crippen LogP contribution in [-0.4, -0.2) is 14.5 Å². The van der Waals surface area contributed by atoms with Crippen molar-refractivity contribution >= 4 is 43.7 Å². The Labute approximate surface area is 323 Å². The molecule has 0 unspecified atom stereocenters. The second kappa shape index (κ2) is 13.1. The largest absolute Gasteiger partial charge is 0.456 e. The molecule has 0 radical (unpaired) electrons. The van der Waals surface area contributed by atoms with Crippen molar-refractivity contribution in [1.82, 2.24) is 14.5 Å². The van der Waals surface area contributed by atoms with Crippen LogP contribution in [0, 0.1) is 0 Å². The van der Waals surface area contributed by atoms with Gasteiger partial charge < -0.3 is 8.98 Å². The zero-order valence-corrected chi connectivity index (χ0v) is 30.3. The van der Waals surface area contributed by atoms with Crippen LogP contribution in [0.2, 0.25) is 0 Å². The molecule has 8 aromatic carbocycles. The van der Waals surface area contributed by atoms with Crippen molar-refractivity contribution in [1.29, 1.82) is 0 Å². The second-order valence-electron chi connectivity index (χ2n) is 14.2. The van der Waals surface area contributed by atoms with Gasteiger partial charge in [-0.25, -0.2) is 9.97 Å². The summed E-state index contributed by atoms with van der Waals surface area (Å²) in [5.41, 5.74) is 14.8. The summed E-state index contributed by atoms with van der Waals surface area (Å²) in [5, 5.41) is 4.78. The molecule has 0 bridgehead atoms. The highest BCUT2D eigenvalue weighted by Crippen LogP contribution is 2.36. The minimum Gasteiger partial charge on any atom is -0.456 e. The van der Waals surface area contributed by atoms with E-state index in [-0.39, 0.29) is 0 Å². The van der Waals surface area contributed by atoms with Crippen molar-refractivity contribution < 1.29 is 4.42 Å². The number of furan rings is 1.